The number of aromatic nitrogens is 2. The largest absolute Gasteiger partial charge is 0.338 e. The summed E-state index contributed by atoms with van der Waals surface area (Å²) >= 11 is 0. The molecule has 1 aliphatic rings. The number of benzene rings is 2. The topological polar surface area (TPSA) is 46.9 Å². The molecule has 0 saturated carbocycles. The second-order valence-electron chi connectivity index (χ2n) is 7.23. The van der Waals surface area contributed by atoms with Crippen LogP contribution >= 0.6 is 0 Å². The van der Waals surface area contributed by atoms with Crippen molar-refractivity contribution in [3.63, 3.8) is 0 Å². The van der Waals surface area contributed by atoms with Crippen molar-refractivity contribution in [2.75, 3.05) is 5.32 Å². The van der Waals surface area contributed by atoms with Gasteiger partial charge in [-0.15, -0.1) is 5.10 Å². The summed E-state index contributed by atoms with van der Waals surface area (Å²) in [5, 5.41) is 8.22. The minimum atomic E-state index is 0.175. The number of nitrogens with one attached hydrogen (secondary N) is 1. The summed E-state index contributed by atoms with van der Waals surface area (Å²) in [5.74, 6) is 1.17. The van der Waals surface area contributed by atoms with Crippen molar-refractivity contribution < 1.29 is 4.79 Å². The lowest BCUT2D eigenvalue weighted by molar-refractivity contribution is 0.0953. The molecule has 0 fully saturated rings. The predicted molar refractivity (Wildman–Crippen MR) is 105 cm³/mol. The Balaban J connectivity index is 1.85. The number of carbonyl (C=O) groups is 1. The van der Waals surface area contributed by atoms with Crippen LogP contribution in [-0.2, 0) is 6.42 Å². The number of carbonyl (C=O) groups excluding carboxylic acids is 1. The summed E-state index contributed by atoms with van der Waals surface area (Å²) < 4.78 is 1.93. The molecule has 0 amide bonds. The van der Waals surface area contributed by atoms with Crippen LogP contribution in [0, 0.1) is 19.8 Å². The van der Waals surface area contributed by atoms with Crippen molar-refractivity contribution >= 4 is 17.3 Å². The Labute approximate surface area is 153 Å². The molecular formula is C22H23N3O. The maximum atomic E-state index is 12.8. The summed E-state index contributed by atoms with van der Waals surface area (Å²) in [6.45, 7) is 6.30. The highest BCUT2D eigenvalue weighted by Gasteiger charge is 2.31. The SMILES string of the molecule is Cc1cccc(Nc2nn(-c3ccccc3)c3c2C(=O)C[C@@H](C)C3)c1C. The lowest BCUT2D eigenvalue weighted by Crippen LogP contribution is -2.19. The molecule has 2 aromatic carbocycles. The second kappa shape index (κ2) is 6.45. The van der Waals surface area contributed by atoms with Crippen molar-refractivity contribution in [1.82, 2.24) is 9.78 Å². The van der Waals surface area contributed by atoms with Crippen LogP contribution in [-0.4, -0.2) is 15.6 Å². The minimum Gasteiger partial charge on any atom is -0.338 e. The third-order valence-electron chi connectivity index (χ3n) is 5.19. The number of ketones is 1. The first-order chi connectivity index (χ1) is 12.5. The molecule has 4 heteroatoms. The highest BCUT2D eigenvalue weighted by atomic mass is 16.1. The zero-order valence-electron chi connectivity index (χ0n) is 15.4. The van der Waals surface area contributed by atoms with Crippen molar-refractivity contribution in [3.05, 3.63) is 70.9 Å². The molecule has 0 saturated heterocycles. The van der Waals surface area contributed by atoms with Gasteiger partial charge in [0.05, 0.1) is 16.9 Å². The number of anilines is 2. The normalized spacial score (nSPS) is 16.4. The molecule has 1 aliphatic carbocycles. The third kappa shape index (κ3) is 2.81. The van der Waals surface area contributed by atoms with E-state index < -0.39 is 0 Å². The Morgan fingerprint density at radius 1 is 1.04 bits per heavy atom. The van der Waals surface area contributed by atoms with Gasteiger partial charge in [0, 0.05) is 12.1 Å². The van der Waals surface area contributed by atoms with Crippen LogP contribution in [0.25, 0.3) is 5.69 Å². The van der Waals surface area contributed by atoms with Gasteiger partial charge in [-0.3, -0.25) is 4.79 Å². The van der Waals surface area contributed by atoms with E-state index in [0.717, 1.165) is 29.1 Å². The van der Waals surface area contributed by atoms with E-state index in [2.05, 4.69) is 32.2 Å². The number of Topliss-reactive ketones (excluding diaryl/α,β-unsaturated/α-hetero) is 1. The number of hydrogen-bond donors (Lipinski definition) is 1. The lowest BCUT2D eigenvalue weighted by Gasteiger charge is -2.19. The van der Waals surface area contributed by atoms with E-state index >= 15 is 0 Å². The first-order valence-corrected chi connectivity index (χ1v) is 9.08. The van der Waals surface area contributed by atoms with Gasteiger partial charge in [-0.05, 0) is 55.5 Å². The zero-order valence-corrected chi connectivity index (χ0v) is 15.4. The maximum Gasteiger partial charge on any atom is 0.168 e. The van der Waals surface area contributed by atoms with Crippen LogP contribution in [0.4, 0.5) is 11.5 Å². The zero-order chi connectivity index (χ0) is 18.3. The fourth-order valence-corrected chi connectivity index (χ4v) is 3.64. The predicted octanol–water partition coefficient (Wildman–Crippen LogP) is 5.00. The van der Waals surface area contributed by atoms with Gasteiger partial charge < -0.3 is 5.32 Å². The number of para-hydroxylation sites is 1. The molecule has 0 bridgehead atoms. The van der Waals surface area contributed by atoms with E-state index in [1.807, 2.05) is 47.1 Å². The van der Waals surface area contributed by atoms with Crippen molar-refractivity contribution in [3.8, 4) is 5.69 Å². The highest BCUT2D eigenvalue weighted by Crippen LogP contribution is 2.34. The fourth-order valence-electron chi connectivity index (χ4n) is 3.64. The first kappa shape index (κ1) is 16.6. The number of nitrogens with zero attached hydrogens (tertiary/aromatic N) is 2. The van der Waals surface area contributed by atoms with Crippen molar-refractivity contribution in [2.24, 2.45) is 5.92 Å². The summed E-state index contributed by atoms with van der Waals surface area (Å²) in [5.41, 5.74) is 6.12. The molecule has 26 heavy (non-hydrogen) atoms. The average molecular weight is 345 g/mol. The molecule has 1 N–H and O–H groups in total. The fraction of sp³-hybridized carbons (Fsp3) is 0.273. The molecule has 0 unspecified atom stereocenters. The van der Waals surface area contributed by atoms with Crippen LogP contribution in [0.15, 0.2) is 48.5 Å². The number of fused-ring (bicyclic) bond motifs is 1. The van der Waals surface area contributed by atoms with E-state index in [4.69, 9.17) is 5.10 Å². The van der Waals surface area contributed by atoms with Crippen LogP contribution in [0.1, 0.15) is 40.5 Å². The van der Waals surface area contributed by atoms with Gasteiger partial charge in [0.1, 0.15) is 0 Å². The maximum absolute atomic E-state index is 12.8. The van der Waals surface area contributed by atoms with Gasteiger partial charge >= 0.3 is 0 Å². The molecule has 1 aromatic heterocycles. The molecule has 1 heterocycles. The lowest BCUT2D eigenvalue weighted by atomic mass is 9.87. The second-order valence-corrected chi connectivity index (χ2v) is 7.23. The van der Waals surface area contributed by atoms with E-state index in [1.165, 1.54) is 11.1 Å². The average Bonchev–Trinajstić information content (AvgIpc) is 2.98. The Kier molecular flexibility index (Phi) is 4.11. The molecular weight excluding hydrogens is 322 g/mol. The van der Waals surface area contributed by atoms with Crippen LogP contribution in [0.2, 0.25) is 0 Å². The number of aryl methyl sites for hydroxylation is 1. The Hall–Kier alpha value is -2.88. The third-order valence-corrected chi connectivity index (χ3v) is 5.19. The standard InChI is InChI=1S/C22H23N3O/c1-14-12-19-21(20(26)13-14)22(23-18-11-7-8-15(2)16(18)3)24-25(19)17-9-5-4-6-10-17/h4-11,14H,12-13H2,1-3H3,(H,23,24)/t14-/m0/s1. The summed E-state index contributed by atoms with van der Waals surface area (Å²) in [4.78, 5) is 12.8. The number of hydrogen-bond acceptors (Lipinski definition) is 3. The van der Waals surface area contributed by atoms with Gasteiger partial charge in [0.2, 0.25) is 0 Å². The van der Waals surface area contributed by atoms with Crippen LogP contribution < -0.4 is 5.32 Å². The van der Waals surface area contributed by atoms with Gasteiger partial charge in [-0.2, -0.15) is 0 Å². The van der Waals surface area contributed by atoms with Gasteiger partial charge in [-0.25, -0.2) is 4.68 Å². The molecule has 3 aromatic rings. The summed E-state index contributed by atoms with van der Waals surface area (Å²) in [6, 6.07) is 16.2. The van der Waals surface area contributed by atoms with E-state index in [9.17, 15) is 4.79 Å². The van der Waals surface area contributed by atoms with Crippen molar-refractivity contribution in [2.45, 2.75) is 33.6 Å². The first-order valence-electron chi connectivity index (χ1n) is 9.08. The smallest absolute Gasteiger partial charge is 0.168 e. The van der Waals surface area contributed by atoms with Crippen molar-refractivity contribution in [1.29, 1.82) is 0 Å². The van der Waals surface area contributed by atoms with Gasteiger partial charge in [0.15, 0.2) is 11.6 Å². The quantitative estimate of drug-likeness (QED) is 0.727. The Bertz CT molecular complexity index is 973. The molecule has 0 spiro atoms. The van der Waals surface area contributed by atoms with Crippen LogP contribution in [0.5, 0.6) is 0 Å². The van der Waals surface area contributed by atoms with E-state index in [-0.39, 0.29) is 5.78 Å². The summed E-state index contributed by atoms with van der Waals surface area (Å²) in [7, 11) is 0. The molecule has 1 atom stereocenters. The van der Waals surface area contributed by atoms with Gasteiger partial charge in [0.25, 0.3) is 0 Å². The monoisotopic (exact) mass is 345 g/mol. The minimum absolute atomic E-state index is 0.175. The molecule has 4 rings (SSSR count). The highest BCUT2D eigenvalue weighted by molar-refractivity contribution is 6.03. The molecule has 132 valence electrons. The van der Waals surface area contributed by atoms with Crippen LogP contribution in [0.3, 0.4) is 0 Å². The molecule has 0 aliphatic heterocycles. The van der Waals surface area contributed by atoms with E-state index in [1.54, 1.807) is 0 Å². The van der Waals surface area contributed by atoms with E-state index in [0.29, 0.717) is 18.2 Å². The summed E-state index contributed by atoms with van der Waals surface area (Å²) in [6.07, 6.45) is 1.44. The number of rotatable bonds is 3. The molecule has 4 nitrogen and oxygen atoms in total. The molecule has 0 radical (unpaired) electrons. The van der Waals surface area contributed by atoms with Gasteiger partial charge in [-0.1, -0.05) is 37.3 Å². The Morgan fingerprint density at radius 2 is 1.81 bits per heavy atom. The Morgan fingerprint density at radius 3 is 2.58 bits per heavy atom.